The fourth-order valence-corrected chi connectivity index (χ4v) is 3.60. The lowest BCUT2D eigenvalue weighted by molar-refractivity contribution is -0.139. The SMILES string of the molecule is Cc1[nH]c(CN2CCC3(CC2)CC(=O)NC(=O)C3)cc1C#N. The number of hydrogen-bond donors (Lipinski definition) is 2. The quantitative estimate of drug-likeness (QED) is 0.804. The molecule has 0 aromatic carbocycles. The summed E-state index contributed by atoms with van der Waals surface area (Å²) in [6, 6.07) is 4.08. The molecule has 3 rings (SSSR count). The van der Waals surface area contributed by atoms with Gasteiger partial charge in [0.05, 0.1) is 5.56 Å². The summed E-state index contributed by atoms with van der Waals surface area (Å²) in [7, 11) is 0. The zero-order valence-electron chi connectivity index (χ0n) is 12.7. The molecule has 22 heavy (non-hydrogen) atoms. The summed E-state index contributed by atoms with van der Waals surface area (Å²) in [6.45, 7) is 4.43. The van der Waals surface area contributed by atoms with Crippen LogP contribution in [-0.2, 0) is 16.1 Å². The third-order valence-corrected chi connectivity index (χ3v) is 4.85. The van der Waals surface area contributed by atoms with Gasteiger partial charge in [-0.1, -0.05) is 0 Å². The van der Waals surface area contributed by atoms with Gasteiger partial charge in [-0.25, -0.2) is 0 Å². The third kappa shape index (κ3) is 2.90. The van der Waals surface area contributed by atoms with Crippen LogP contribution >= 0.6 is 0 Å². The van der Waals surface area contributed by atoms with Crippen molar-refractivity contribution in [1.29, 1.82) is 5.26 Å². The molecule has 0 bridgehead atoms. The largest absolute Gasteiger partial charge is 0.360 e. The normalized spacial score (nSPS) is 21.6. The van der Waals surface area contributed by atoms with Gasteiger partial charge in [0.25, 0.3) is 0 Å². The van der Waals surface area contributed by atoms with Crippen LogP contribution in [0.15, 0.2) is 6.07 Å². The number of rotatable bonds is 2. The number of aromatic amines is 1. The van der Waals surface area contributed by atoms with Crippen LogP contribution < -0.4 is 5.32 Å². The van der Waals surface area contributed by atoms with Gasteiger partial charge in [-0.2, -0.15) is 5.26 Å². The third-order valence-electron chi connectivity index (χ3n) is 4.85. The molecule has 2 saturated heterocycles. The van der Waals surface area contributed by atoms with Crippen molar-refractivity contribution in [3.8, 4) is 6.07 Å². The molecule has 116 valence electrons. The van der Waals surface area contributed by atoms with Crippen molar-refractivity contribution in [3.63, 3.8) is 0 Å². The number of hydrogen-bond acceptors (Lipinski definition) is 4. The van der Waals surface area contributed by atoms with E-state index in [0.717, 1.165) is 43.9 Å². The number of nitrogens with one attached hydrogen (secondary N) is 2. The molecule has 2 amide bonds. The molecule has 2 aliphatic rings. The summed E-state index contributed by atoms with van der Waals surface area (Å²) in [5.41, 5.74) is 2.50. The van der Waals surface area contributed by atoms with Crippen LogP contribution in [0.4, 0.5) is 0 Å². The van der Waals surface area contributed by atoms with E-state index in [-0.39, 0.29) is 17.2 Å². The maximum Gasteiger partial charge on any atom is 0.227 e. The molecule has 0 atom stereocenters. The average molecular weight is 300 g/mol. The van der Waals surface area contributed by atoms with Gasteiger partial charge in [0, 0.05) is 30.8 Å². The fourth-order valence-electron chi connectivity index (χ4n) is 3.60. The van der Waals surface area contributed by atoms with Crippen LogP contribution in [0, 0.1) is 23.7 Å². The van der Waals surface area contributed by atoms with Gasteiger partial charge in [-0.15, -0.1) is 0 Å². The molecule has 2 N–H and O–H groups in total. The number of carbonyl (C=O) groups excluding carboxylic acids is 2. The zero-order valence-corrected chi connectivity index (χ0v) is 12.7. The lowest BCUT2D eigenvalue weighted by Gasteiger charge is -2.42. The Morgan fingerprint density at radius 3 is 2.45 bits per heavy atom. The van der Waals surface area contributed by atoms with Gasteiger partial charge in [0.1, 0.15) is 6.07 Å². The number of imide groups is 1. The highest BCUT2D eigenvalue weighted by Gasteiger charge is 2.41. The van der Waals surface area contributed by atoms with Crippen molar-refractivity contribution in [2.75, 3.05) is 13.1 Å². The minimum atomic E-state index is -0.140. The highest BCUT2D eigenvalue weighted by atomic mass is 16.2. The van der Waals surface area contributed by atoms with Gasteiger partial charge in [0.2, 0.25) is 11.8 Å². The number of nitriles is 1. The molecule has 0 saturated carbocycles. The Hall–Kier alpha value is -2.13. The number of H-pyrrole nitrogens is 1. The van der Waals surface area contributed by atoms with Crippen LogP contribution in [0.3, 0.4) is 0 Å². The molecule has 3 heterocycles. The first-order chi connectivity index (χ1) is 10.5. The van der Waals surface area contributed by atoms with E-state index in [9.17, 15) is 9.59 Å². The Morgan fingerprint density at radius 2 is 1.91 bits per heavy atom. The number of aromatic nitrogens is 1. The van der Waals surface area contributed by atoms with Gasteiger partial charge < -0.3 is 4.98 Å². The number of carbonyl (C=O) groups is 2. The van der Waals surface area contributed by atoms with E-state index < -0.39 is 0 Å². The molecule has 2 aliphatic heterocycles. The predicted molar refractivity (Wildman–Crippen MR) is 79.6 cm³/mol. The Labute approximate surface area is 129 Å². The van der Waals surface area contributed by atoms with Crippen molar-refractivity contribution in [2.45, 2.75) is 39.2 Å². The number of amides is 2. The van der Waals surface area contributed by atoms with E-state index in [2.05, 4.69) is 21.3 Å². The highest BCUT2D eigenvalue weighted by Crippen LogP contribution is 2.40. The lowest BCUT2D eigenvalue weighted by atomic mass is 9.71. The van der Waals surface area contributed by atoms with E-state index in [4.69, 9.17) is 5.26 Å². The standard InChI is InChI=1S/C16H20N4O2/c1-11-12(9-17)6-13(18-11)10-20-4-2-16(3-5-20)7-14(21)19-15(22)8-16/h6,18H,2-5,7-8,10H2,1H3,(H,19,21,22). The van der Waals surface area contributed by atoms with Crippen LogP contribution in [-0.4, -0.2) is 34.8 Å². The first-order valence-corrected chi connectivity index (χ1v) is 7.63. The highest BCUT2D eigenvalue weighted by molar-refractivity contribution is 5.98. The summed E-state index contributed by atoms with van der Waals surface area (Å²) in [4.78, 5) is 28.8. The smallest absolute Gasteiger partial charge is 0.227 e. The van der Waals surface area contributed by atoms with Crippen molar-refractivity contribution >= 4 is 11.8 Å². The molecule has 1 aromatic rings. The Balaban J connectivity index is 1.61. The number of aryl methyl sites for hydroxylation is 1. The van der Waals surface area contributed by atoms with Crippen LogP contribution in [0.25, 0.3) is 0 Å². The fraction of sp³-hybridized carbons (Fsp3) is 0.562. The first kappa shape index (κ1) is 14.8. The van der Waals surface area contributed by atoms with Crippen molar-refractivity contribution in [1.82, 2.24) is 15.2 Å². The van der Waals surface area contributed by atoms with Gasteiger partial charge >= 0.3 is 0 Å². The van der Waals surface area contributed by atoms with Crippen LogP contribution in [0.2, 0.25) is 0 Å². The number of likely N-dealkylation sites (tertiary alicyclic amines) is 1. The van der Waals surface area contributed by atoms with Gasteiger partial charge in [0.15, 0.2) is 0 Å². The lowest BCUT2D eigenvalue weighted by Crippen LogP contribution is -2.49. The summed E-state index contributed by atoms with van der Waals surface area (Å²) in [6.07, 6.45) is 2.67. The molecular formula is C16H20N4O2. The van der Waals surface area contributed by atoms with Crippen molar-refractivity contribution in [3.05, 3.63) is 23.0 Å². The van der Waals surface area contributed by atoms with E-state index >= 15 is 0 Å². The average Bonchev–Trinajstić information content (AvgIpc) is 2.80. The Bertz CT molecular complexity index is 630. The molecule has 6 heteroatoms. The molecule has 0 radical (unpaired) electrons. The van der Waals surface area contributed by atoms with E-state index in [1.807, 2.05) is 13.0 Å². The summed E-state index contributed by atoms with van der Waals surface area (Å²) < 4.78 is 0. The Kier molecular flexibility index (Phi) is 3.75. The summed E-state index contributed by atoms with van der Waals surface area (Å²) >= 11 is 0. The van der Waals surface area contributed by atoms with Crippen molar-refractivity contribution in [2.24, 2.45) is 5.41 Å². The maximum absolute atomic E-state index is 11.6. The molecular weight excluding hydrogens is 280 g/mol. The monoisotopic (exact) mass is 300 g/mol. The number of piperidine rings is 2. The topological polar surface area (TPSA) is 89.0 Å². The minimum absolute atomic E-state index is 0.136. The van der Waals surface area contributed by atoms with Crippen LogP contribution in [0.1, 0.15) is 42.6 Å². The van der Waals surface area contributed by atoms with E-state index in [1.165, 1.54) is 0 Å². The van der Waals surface area contributed by atoms with E-state index in [0.29, 0.717) is 18.4 Å². The van der Waals surface area contributed by atoms with Crippen molar-refractivity contribution < 1.29 is 9.59 Å². The molecule has 1 aromatic heterocycles. The number of nitrogens with zero attached hydrogens (tertiary/aromatic N) is 2. The molecule has 2 fully saturated rings. The second-order valence-corrected chi connectivity index (χ2v) is 6.55. The van der Waals surface area contributed by atoms with Gasteiger partial charge in [-0.05, 0) is 44.3 Å². The molecule has 1 spiro atoms. The predicted octanol–water partition coefficient (Wildman–Crippen LogP) is 1.21. The second-order valence-electron chi connectivity index (χ2n) is 6.55. The Morgan fingerprint density at radius 1 is 1.27 bits per heavy atom. The van der Waals surface area contributed by atoms with Crippen LogP contribution in [0.5, 0.6) is 0 Å². The summed E-state index contributed by atoms with van der Waals surface area (Å²) in [5.74, 6) is -0.272. The molecule has 0 aliphatic carbocycles. The molecule has 0 unspecified atom stereocenters. The summed E-state index contributed by atoms with van der Waals surface area (Å²) in [5, 5.41) is 11.4. The van der Waals surface area contributed by atoms with Gasteiger partial charge in [-0.3, -0.25) is 19.8 Å². The van der Waals surface area contributed by atoms with E-state index in [1.54, 1.807) is 0 Å². The maximum atomic E-state index is 11.6. The first-order valence-electron chi connectivity index (χ1n) is 7.63. The molecule has 6 nitrogen and oxygen atoms in total. The zero-order chi connectivity index (χ0) is 15.7. The minimum Gasteiger partial charge on any atom is -0.360 e. The second kappa shape index (κ2) is 5.58.